The van der Waals surface area contributed by atoms with Gasteiger partial charge in [-0.25, -0.2) is 10.8 Å². The molecule has 0 bridgehead atoms. The number of hydrogen-bond acceptors (Lipinski definition) is 5. The molecule has 1 amide bonds. The van der Waals surface area contributed by atoms with Gasteiger partial charge in [0, 0.05) is 25.4 Å². The normalized spacial score (nSPS) is 9.73. The van der Waals surface area contributed by atoms with Gasteiger partial charge in [-0.1, -0.05) is 0 Å². The van der Waals surface area contributed by atoms with Crippen LogP contribution in [-0.4, -0.2) is 31.2 Å². The minimum absolute atomic E-state index is 0.175. The summed E-state index contributed by atoms with van der Waals surface area (Å²) in [6.07, 6.45) is 1.51. The molecule has 82 valence electrons. The number of nitrogens with one attached hydrogen (secondary N) is 2. The standard InChI is InChI=1S/C9H14N4O2/c1-15-5-4-12-9(14)7-2-3-11-8(6-7)13-10/h2-3,6H,4-5,10H2,1H3,(H,11,13)(H,12,14). The Hall–Kier alpha value is -1.66. The minimum Gasteiger partial charge on any atom is -0.383 e. The van der Waals surface area contributed by atoms with E-state index in [2.05, 4.69) is 15.7 Å². The molecule has 1 heterocycles. The molecule has 0 aliphatic rings. The largest absolute Gasteiger partial charge is 0.383 e. The monoisotopic (exact) mass is 210 g/mol. The van der Waals surface area contributed by atoms with Crippen LogP contribution in [0.2, 0.25) is 0 Å². The Bertz CT molecular complexity index is 330. The molecule has 0 fully saturated rings. The Balaban J connectivity index is 2.57. The molecule has 0 unspecified atom stereocenters. The van der Waals surface area contributed by atoms with Gasteiger partial charge in [-0.2, -0.15) is 0 Å². The van der Waals surface area contributed by atoms with E-state index in [1.165, 1.54) is 6.20 Å². The van der Waals surface area contributed by atoms with Crippen molar-refractivity contribution in [2.75, 3.05) is 25.7 Å². The number of nitrogen functional groups attached to an aromatic ring is 1. The Labute approximate surface area is 87.8 Å². The van der Waals surface area contributed by atoms with Gasteiger partial charge in [-0.3, -0.25) is 4.79 Å². The molecular formula is C9H14N4O2. The van der Waals surface area contributed by atoms with Crippen LogP contribution < -0.4 is 16.6 Å². The summed E-state index contributed by atoms with van der Waals surface area (Å²) in [6.45, 7) is 0.960. The van der Waals surface area contributed by atoms with Gasteiger partial charge < -0.3 is 15.5 Å². The van der Waals surface area contributed by atoms with Crippen LogP contribution in [0.5, 0.6) is 0 Å². The average Bonchev–Trinajstić information content (AvgIpc) is 2.29. The number of carbonyl (C=O) groups is 1. The molecule has 1 rings (SSSR count). The van der Waals surface area contributed by atoms with Gasteiger partial charge in [0.25, 0.3) is 5.91 Å². The van der Waals surface area contributed by atoms with E-state index < -0.39 is 0 Å². The summed E-state index contributed by atoms with van der Waals surface area (Å²) in [7, 11) is 1.58. The van der Waals surface area contributed by atoms with Crippen molar-refractivity contribution in [3.05, 3.63) is 23.9 Å². The van der Waals surface area contributed by atoms with Crippen molar-refractivity contribution < 1.29 is 9.53 Å². The van der Waals surface area contributed by atoms with Crippen LogP contribution in [0.15, 0.2) is 18.3 Å². The fraction of sp³-hybridized carbons (Fsp3) is 0.333. The maximum Gasteiger partial charge on any atom is 0.251 e. The molecule has 0 aliphatic carbocycles. The second-order valence-corrected chi connectivity index (χ2v) is 2.82. The number of rotatable bonds is 5. The van der Waals surface area contributed by atoms with Crippen molar-refractivity contribution in [1.82, 2.24) is 10.3 Å². The van der Waals surface area contributed by atoms with Crippen LogP contribution in [-0.2, 0) is 4.74 Å². The summed E-state index contributed by atoms with van der Waals surface area (Å²) >= 11 is 0. The summed E-state index contributed by atoms with van der Waals surface area (Å²) in [5, 5.41) is 2.69. The van der Waals surface area contributed by atoms with Gasteiger partial charge in [0.2, 0.25) is 0 Å². The van der Waals surface area contributed by atoms with Gasteiger partial charge in [-0.15, -0.1) is 0 Å². The van der Waals surface area contributed by atoms with E-state index >= 15 is 0 Å². The summed E-state index contributed by atoms with van der Waals surface area (Å²) < 4.78 is 4.81. The van der Waals surface area contributed by atoms with Gasteiger partial charge in [-0.05, 0) is 12.1 Å². The molecule has 0 atom stereocenters. The number of hydrogen-bond donors (Lipinski definition) is 3. The van der Waals surface area contributed by atoms with E-state index in [1.54, 1.807) is 19.2 Å². The number of anilines is 1. The Morgan fingerprint density at radius 1 is 1.67 bits per heavy atom. The molecule has 0 aromatic carbocycles. The highest BCUT2D eigenvalue weighted by atomic mass is 16.5. The molecule has 4 N–H and O–H groups in total. The third kappa shape index (κ3) is 3.53. The summed E-state index contributed by atoms with van der Waals surface area (Å²) in [5.74, 6) is 5.45. The van der Waals surface area contributed by atoms with E-state index in [4.69, 9.17) is 10.6 Å². The minimum atomic E-state index is -0.175. The number of nitrogens with zero attached hydrogens (tertiary/aromatic N) is 1. The molecule has 0 spiro atoms. The second kappa shape index (κ2) is 5.94. The predicted octanol–water partition coefficient (Wildman–Crippen LogP) is -0.257. The first-order valence-corrected chi connectivity index (χ1v) is 4.47. The topological polar surface area (TPSA) is 89.3 Å². The van der Waals surface area contributed by atoms with E-state index in [0.29, 0.717) is 24.5 Å². The Morgan fingerprint density at radius 2 is 2.47 bits per heavy atom. The number of nitrogens with two attached hydrogens (primary N) is 1. The highest BCUT2D eigenvalue weighted by Gasteiger charge is 2.05. The number of aromatic nitrogens is 1. The van der Waals surface area contributed by atoms with Gasteiger partial charge in [0.15, 0.2) is 0 Å². The van der Waals surface area contributed by atoms with Crippen molar-refractivity contribution in [1.29, 1.82) is 0 Å². The first kappa shape index (κ1) is 11.4. The molecule has 0 aliphatic heterocycles. The molecule has 6 heteroatoms. The van der Waals surface area contributed by atoms with Crippen molar-refractivity contribution in [3.8, 4) is 0 Å². The highest BCUT2D eigenvalue weighted by Crippen LogP contribution is 2.04. The van der Waals surface area contributed by atoms with Crippen LogP contribution in [0.25, 0.3) is 0 Å². The zero-order valence-electron chi connectivity index (χ0n) is 8.49. The smallest absolute Gasteiger partial charge is 0.251 e. The molecule has 1 aromatic rings. The summed E-state index contributed by atoms with van der Waals surface area (Å²) in [5.41, 5.74) is 2.88. The van der Waals surface area contributed by atoms with E-state index in [9.17, 15) is 4.79 Å². The first-order valence-electron chi connectivity index (χ1n) is 4.47. The molecule has 0 saturated carbocycles. The summed E-state index contributed by atoms with van der Waals surface area (Å²) in [4.78, 5) is 15.4. The van der Waals surface area contributed by atoms with Crippen molar-refractivity contribution >= 4 is 11.7 Å². The second-order valence-electron chi connectivity index (χ2n) is 2.82. The highest BCUT2D eigenvalue weighted by molar-refractivity contribution is 5.94. The average molecular weight is 210 g/mol. The lowest BCUT2D eigenvalue weighted by molar-refractivity contribution is 0.0937. The Morgan fingerprint density at radius 3 is 3.13 bits per heavy atom. The molecule has 6 nitrogen and oxygen atoms in total. The molecular weight excluding hydrogens is 196 g/mol. The lowest BCUT2D eigenvalue weighted by Gasteiger charge is -2.05. The lowest BCUT2D eigenvalue weighted by Crippen LogP contribution is -2.27. The number of amides is 1. The van der Waals surface area contributed by atoms with E-state index in [1.807, 2.05) is 0 Å². The maximum absolute atomic E-state index is 11.5. The van der Waals surface area contributed by atoms with E-state index in [0.717, 1.165) is 0 Å². The van der Waals surface area contributed by atoms with Crippen molar-refractivity contribution in [3.63, 3.8) is 0 Å². The number of hydrazine groups is 1. The van der Waals surface area contributed by atoms with Crippen molar-refractivity contribution in [2.24, 2.45) is 5.84 Å². The van der Waals surface area contributed by atoms with Crippen molar-refractivity contribution in [2.45, 2.75) is 0 Å². The van der Waals surface area contributed by atoms with Crippen LogP contribution in [0.4, 0.5) is 5.82 Å². The van der Waals surface area contributed by atoms with Crippen LogP contribution >= 0.6 is 0 Å². The predicted molar refractivity (Wildman–Crippen MR) is 56.3 cm³/mol. The number of ether oxygens (including phenoxy) is 1. The SMILES string of the molecule is COCCNC(=O)c1ccnc(NN)c1. The lowest BCUT2D eigenvalue weighted by atomic mass is 10.2. The number of carbonyl (C=O) groups excluding carboxylic acids is 1. The van der Waals surface area contributed by atoms with Gasteiger partial charge in [0.05, 0.1) is 6.61 Å². The third-order valence-corrected chi connectivity index (χ3v) is 1.76. The third-order valence-electron chi connectivity index (χ3n) is 1.76. The van der Waals surface area contributed by atoms with Crippen LogP contribution in [0.1, 0.15) is 10.4 Å². The number of pyridine rings is 1. The fourth-order valence-electron chi connectivity index (χ4n) is 1.02. The molecule has 1 aromatic heterocycles. The van der Waals surface area contributed by atoms with Crippen LogP contribution in [0, 0.1) is 0 Å². The van der Waals surface area contributed by atoms with Gasteiger partial charge in [0.1, 0.15) is 5.82 Å². The molecule has 0 saturated heterocycles. The Kier molecular flexibility index (Phi) is 4.52. The maximum atomic E-state index is 11.5. The summed E-state index contributed by atoms with van der Waals surface area (Å²) in [6, 6.07) is 3.19. The number of methoxy groups -OCH3 is 1. The quantitative estimate of drug-likeness (QED) is 0.354. The fourth-order valence-corrected chi connectivity index (χ4v) is 1.02. The van der Waals surface area contributed by atoms with Gasteiger partial charge >= 0.3 is 0 Å². The molecule has 15 heavy (non-hydrogen) atoms. The zero-order chi connectivity index (χ0) is 11.1. The van der Waals surface area contributed by atoms with Crippen LogP contribution in [0.3, 0.4) is 0 Å². The molecule has 0 radical (unpaired) electrons. The first-order chi connectivity index (χ1) is 7.27. The van der Waals surface area contributed by atoms with E-state index in [-0.39, 0.29) is 5.91 Å². The zero-order valence-corrected chi connectivity index (χ0v) is 8.49.